The monoisotopic (exact) mass is 256 g/mol. The maximum absolute atomic E-state index is 12.6. The maximum atomic E-state index is 12.6. The number of hydrogen-bond donors (Lipinski definition) is 1. The molecule has 2 heterocycles. The molecule has 4 heteroatoms. The van der Waals surface area contributed by atoms with Crippen LogP contribution in [0.25, 0.3) is 0 Å². The van der Waals surface area contributed by atoms with Gasteiger partial charge in [0.15, 0.2) is 0 Å². The number of carbonyl (C=O) groups is 1. The van der Waals surface area contributed by atoms with Crippen LogP contribution in [-0.4, -0.2) is 40.1 Å². The quantitative estimate of drug-likeness (QED) is 0.839. The topological polar surface area (TPSA) is 32.3 Å². The lowest BCUT2D eigenvalue weighted by Gasteiger charge is -2.32. The molecule has 0 aromatic rings. The largest absolute Gasteiger partial charge is 0.321 e. The van der Waals surface area contributed by atoms with Crippen LogP contribution < -0.4 is 5.32 Å². The minimum Gasteiger partial charge on any atom is -0.321 e. The van der Waals surface area contributed by atoms with Gasteiger partial charge in [0, 0.05) is 11.8 Å². The van der Waals surface area contributed by atoms with Gasteiger partial charge in [-0.05, 0) is 31.4 Å². The molecule has 2 aliphatic rings. The van der Waals surface area contributed by atoms with Crippen LogP contribution in [0.3, 0.4) is 0 Å². The third kappa shape index (κ3) is 2.22. The second-order valence-corrected chi connectivity index (χ2v) is 6.90. The van der Waals surface area contributed by atoms with Crippen molar-refractivity contribution in [3.05, 3.63) is 0 Å². The second kappa shape index (κ2) is 4.81. The summed E-state index contributed by atoms with van der Waals surface area (Å²) >= 11 is 1.97. The van der Waals surface area contributed by atoms with Crippen molar-refractivity contribution in [2.75, 3.05) is 11.5 Å². The van der Waals surface area contributed by atoms with Crippen molar-refractivity contribution in [1.82, 2.24) is 10.2 Å². The van der Waals surface area contributed by atoms with Crippen LogP contribution in [-0.2, 0) is 4.79 Å². The molecule has 1 N–H and O–H groups in total. The van der Waals surface area contributed by atoms with Gasteiger partial charge >= 0.3 is 0 Å². The van der Waals surface area contributed by atoms with E-state index in [0.29, 0.717) is 17.9 Å². The van der Waals surface area contributed by atoms with Crippen molar-refractivity contribution < 1.29 is 4.79 Å². The Labute approximate surface area is 109 Å². The van der Waals surface area contributed by atoms with Crippen LogP contribution in [0.4, 0.5) is 0 Å². The predicted octanol–water partition coefficient (Wildman–Crippen LogP) is 2.07. The lowest BCUT2D eigenvalue weighted by atomic mass is 9.99. The fourth-order valence-corrected chi connectivity index (χ4v) is 3.95. The van der Waals surface area contributed by atoms with Crippen LogP contribution in [0.1, 0.15) is 40.5 Å². The molecule has 2 fully saturated rings. The molecule has 3 atom stereocenters. The highest BCUT2D eigenvalue weighted by molar-refractivity contribution is 7.99. The van der Waals surface area contributed by atoms with Crippen molar-refractivity contribution in [2.45, 2.75) is 58.3 Å². The van der Waals surface area contributed by atoms with E-state index in [4.69, 9.17) is 0 Å². The van der Waals surface area contributed by atoms with E-state index in [9.17, 15) is 4.79 Å². The first kappa shape index (κ1) is 13.2. The Morgan fingerprint density at radius 3 is 2.76 bits per heavy atom. The standard InChI is InChI=1S/C13H24N2OS/c1-5-13(4)12(16)15(10-6-7-17-8-10)11(14-13)9(2)3/h9-11,14H,5-8H2,1-4H3. The Bertz CT molecular complexity index is 302. The van der Waals surface area contributed by atoms with Gasteiger partial charge in [-0.15, -0.1) is 0 Å². The molecule has 2 aliphatic heterocycles. The molecular formula is C13H24N2OS. The number of nitrogens with zero attached hydrogens (tertiary/aromatic N) is 1. The van der Waals surface area contributed by atoms with Crippen molar-refractivity contribution in [3.63, 3.8) is 0 Å². The van der Waals surface area contributed by atoms with Gasteiger partial charge < -0.3 is 4.90 Å². The van der Waals surface area contributed by atoms with Gasteiger partial charge in [-0.1, -0.05) is 20.8 Å². The Morgan fingerprint density at radius 2 is 2.29 bits per heavy atom. The molecule has 3 nitrogen and oxygen atoms in total. The van der Waals surface area contributed by atoms with Crippen molar-refractivity contribution in [1.29, 1.82) is 0 Å². The molecule has 0 aromatic heterocycles. The third-order valence-corrected chi connectivity index (χ3v) is 5.26. The summed E-state index contributed by atoms with van der Waals surface area (Å²) in [5, 5.41) is 3.56. The Hall–Kier alpha value is -0.220. The smallest absolute Gasteiger partial charge is 0.244 e. The molecule has 0 aromatic carbocycles. The highest BCUT2D eigenvalue weighted by Gasteiger charge is 2.50. The normalized spacial score (nSPS) is 38.4. The number of amides is 1. The van der Waals surface area contributed by atoms with E-state index in [-0.39, 0.29) is 11.7 Å². The molecule has 0 radical (unpaired) electrons. The number of hydrogen-bond acceptors (Lipinski definition) is 3. The van der Waals surface area contributed by atoms with Gasteiger partial charge in [-0.3, -0.25) is 10.1 Å². The van der Waals surface area contributed by atoms with Crippen molar-refractivity contribution >= 4 is 17.7 Å². The minimum atomic E-state index is -0.345. The summed E-state index contributed by atoms with van der Waals surface area (Å²) in [6, 6.07) is 0.445. The molecule has 0 spiro atoms. The molecule has 2 saturated heterocycles. The zero-order chi connectivity index (χ0) is 12.6. The number of carbonyl (C=O) groups excluding carboxylic acids is 1. The number of rotatable bonds is 3. The molecule has 0 bridgehead atoms. The van der Waals surface area contributed by atoms with E-state index in [1.54, 1.807) is 0 Å². The Morgan fingerprint density at radius 1 is 1.59 bits per heavy atom. The highest BCUT2D eigenvalue weighted by Crippen LogP contribution is 2.33. The van der Waals surface area contributed by atoms with E-state index in [2.05, 4.69) is 31.0 Å². The van der Waals surface area contributed by atoms with Crippen molar-refractivity contribution in [2.24, 2.45) is 5.92 Å². The lowest BCUT2D eigenvalue weighted by Crippen LogP contribution is -2.47. The first-order valence-electron chi connectivity index (χ1n) is 6.68. The SMILES string of the molecule is CCC1(C)NC(C(C)C)N(C2CCSC2)C1=O. The summed E-state index contributed by atoms with van der Waals surface area (Å²) in [6.07, 6.45) is 2.24. The zero-order valence-corrected chi connectivity index (χ0v) is 12.1. The second-order valence-electron chi connectivity index (χ2n) is 5.75. The van der Waals surface area contributed by atoms with E-state index in [1.165, 1.54) is 5.75 Å². The van der Waals surface area contributed by atoms with Gasteiger partial charge in [-0.2, -0.15) is 11.8 Å². The fraction of sp³-hybridized carbons (Fsp3) is 0.923. The average molecular weight is 256 g/mol. The lowest BCUT2D eigenvalue weighted by molar-refractivity contribution is -0.135. The van der Waals surface area contributed by atoms with E-state index < -0.39 is 0 Å². The Kier molecular flexibility index (Phi) is 3.74. The van der Waals surface area contributed by atoms with Gasteiger partial charge in [0.1, 0.15) is 0 Å². The molecule has 2 rings (SSSR count). The molecule has 17 heavy (non-hydrogen) atoms. The third-order valence-electron chi connectivity index (χ3n) is 4.11. The van der Waals surface area contributed by atoms with Gasteiger partial charge in [-0.25, -0.2) is 0 Å². The van der Waals surface area contributed by atoms with E-state index >= 15 is 0 Å². The summed E-state index contributed by atoms with van der Waals surface area (Å²) in [7, 11) is 0. The van der Waals surface area contributed by atoms with Gasteiger partial charge in [0.2, 0.25) is 5.91 Å². The van der Waals surface area contributed by atoms with E-state index in [0.717, 1.165) is 18.6 Å². The summed E-state index contributed by atoms with van der Waals surface area (Å²) < 4.78 is 0. The van der Waals surface area contributed by atoms with Gasteiger partial charge in [0.25, 0.3) is 0 Å². The van der Waals surface area contributed by atoms with Gasteiger partial charge in [0.05, 0.1) is 11.7 Å². The first-order chi connectivity index (χ1) is 7.99. The fourth-order valence-electron chi connectivity index (χ4n) is 2.74. The van der Waals surface area contributed by atoms with Crippen LogP contribution in [0, 0.1) is 5.92 Å². The van der Waals surface area contributed by atoms with Crippen molar-refractivity contribution in [3.8, 4) is 0 Å². The predicted molar refractivity (Wildman–Crippen MR) is 73.0 cm³/mol. The molecule has 1 amide bonds. The summed E-state index contributed by atoms with van der Waals surface area (Å²) in [5.74, 6) is 3.09. The molecule has 98 valence electrons. The Balaban J connectivity index is 2.23. The molecule has 0 saturated carbocycles. The summed E-state index contributed by atoms with van der Waals surface area (Å²) in [4.78, 5) is 14.8. The average Bonchev–Trinajstić information content (AvgIpc) is 2.87. The number of nitrogens with one attached hydrogen (secondary N) is 1. The van der Waals surface area contributed by atoms with Crippen LogP contribution in [0.2, 0.25) is 0 Å². The highest BCUT2D eigenvalue weighted by atomic mass is 32.2. The van der Waals surface area contributed by atoms with E-state index in [1.807, 2.05) is 18.7 Å². The summed E-state index contributed by atoms with van der Waals surface area (Å²) in [6.45, 7) is 8.53. The zero-order valence-electron chi connectivity index (χ0n) is 11.3. The summed E-state index contributed by atoms with van der Waals surface area (Å²) in [5.41, 5.74) is -0.345. The van der Waals surface area contributed by atoms with Crippen LogP contribution in [0.15, 0.2) is 0 Å². The molecule has 3 unspecified atom stereocenters. The minimum absolute atomic E-state index is 0.219. The molecule has 0 aliphatic carbocycles. The molecular weight excluding hydrogens is 232 g/mol. The van der Waals surface area contributed by atoms with Crippen LogP contribution >= 0.6 is 11.8 Å². The maximum Gasteiger partial charge on any atom is 0.244 e. The van der Waals surface area contributed by atoms with Crippen LogP contribution in [0.5, 0.6) is 0 Å². The number of thioether (sulfide) groups is 1. The first-order valence-corrected chi connectivity index (χ1v) is 7.83.